The molecule has 1 aromatic carbocycles. The van der Waals surface area contributed by atoms with Crippen LogP contribution in [0.4, 0.5) is 0 Å². The molecule has 1 rings (SSSR count). The van der Waals surface area contributed by atoms with Crippen LogP contribution >= 0.6 is 0 Å². The van der Waals surface area contributed by atoms with Crippen molar-refractivity contribution in [1.29, 1.82) is 0 Å². The second kappa shape index (κ2) is 6.19. The van der Waals surface area contributed by atoms with Crippen LogP contribution in [0, 0.1) is 0 Å². The van der Waals surface area contributed by atoms with Gasteiger partial charge in [0.05, 0.1) is 18.7 Å². The Balaban J connectivity index is 2.77. The highest BCUT2D eigenvalue weighted by atomic mass is 16.5. The Bertz CT molecular complexity index is 323. The molecule has 0 fully saturated rings. The molecule has 3 heteroatoms. The fraction of sp³-hybridized carbons (Fsp3) is 0.417. The largest absolute Gasteiger partial charge is 0.493 e. The van der Waals surface area contributed by atoms with E-state index in [0.717, 1.165) is 6.54 Å². The molecule has 0 aliphatic rings. The molecule has 1 aromatic rings. The number of carbonyl (C=O) groups is 1. The van der Waals surface area contributed by atoms with Crippen molar-refractivity contribution in [3.8, 4) is 5.75 Å². The topological polar surface area (TPSA) is 38.3 Å². The number of nitrogens with one attached hydrogen (secondary N) is 1. The lowest BCUT2D eigenvalue weighted by molar-refractivity contribution is 0.0988. The number of Topliss-reactive ketones (excluding diaryl/α,β-unsaturated/α-hetero) is 1. The van der Waals surface area contributed by atoms with Crippen LogP contribution in [0.3, 0.4) is 0 Å². The molecule has 0 heterocycles. The smallest absolute Gasteiger partial charge is 0.180 e. The van der Waals surface area contributed by atoms with Gasteiger partial charge in [-0.05, 0) is 25.6 Å². The maximum atomic E-state index is 11.8. The summed E-state index contributed by atoms with van der Waals surface area (Å²) in [6.07, 6.45) is 0. The summed E-state index contributed by atoms with van der Waals surface area (Å²) in [5, 5.41) is 3.01. The summed E-state index contributed by atoms with van der Waals surface area (Å²) in [7, 11) is 0. The third-order valence-electron chi connectivity index (χ3n) is 2.02. The summed E-state index contributed by atoms with van der Waals surface area (Å²) < 4.78 is 5.39. The zero-order valence-electron chi connectivity index (χ0n) is 9.25. The minimum absolute atomic E-state index is 0.0703. The van der Waals surface area contributed by atoms with E-state index in [2.05, 4.69) is 5.32 Å². The summed E-state index contributed by atoms with van der Waals surface area (Å²) in [4.78, 5) is 11.8. The van der Waals surface area contributed by atoms with Gasteiger partial charge in [-0.25, -0.2) is 0 Å². The van der Waals surface area contributed by atoms with Gasteiger partial charge < -0.3 is 10.1 Å². The van der Waals surface area contributed by atoms with E-state index in [1.807, 2.05) is 32.0 Å². The van der Waals surface area contributed by atoms with Crippen molar-refractivity contribution in [2.24, 2.45) is 0 Å². The molecule has 0 radical (unpaired) electrons. The average molecular weight is 207 g/mol. The monoisotopic (exact) mass is 207 g/mol. The van der Waals surface area contributed by atoms with Crippen LogP contribution in [0.5, 0.6) is 5.75 Å². The van der Waals surface area contributed by atoms with Gasteiger partial charge >= 0.3 is 0 Å². The predicted octanol–water partition coefficient (Wildman–Crippen LogP) is 1.88. The average Bonchev–Trinajstić information content (AvgIpc) is 2.27. The van der Waals surface area contributed by atoms with Crippen LogP contribution in [0.2, 0.25) is 0 Å². The van der Waals surface area contributed by atoms with E-state index in [1.165, 1.54) is 0 Å². The Morgan fingerprint density at radius 2 is 2.07 bits per heavy atom. The van der Waals surface area contributed by atoms with E-state index in [9.17, 15) is 4.79 Å². The molecular weight excluding hydrogens is 190 g/mol. The molecule has 82 valence electrons. The van der Waals surface area contributed by atoms with Crippen molar-refractivity contribution in [2.45, 2.75) is 13.8 Å². The first-order chi connectivity index (χ1) is 7.29. The molecule has 0 saturated carbocycles. The Morgan fingerprint density at radius 1 is 1.33 bits per heavy atom. The van der Waals surface area contributed by atoms with Crippen molar-refractivity contribution >= 4 is 5.78 Å². The van der Waals surface area contributed by atoms with Crippen LogP contribution in [0.25, 0.3) is 0 Å². The van der Waals surface area contributed by atoms with Gasteiger partial charge in [-0.15, -0.1) is 0 Å². The van der Waals surface area contributed by atoms with Gasteiger partial charge in [-0.1, -0.05) is 19.1 Å². The molecule has 0 saturated heterocycles. The molecule has 0 atom stereocenters. The van der Waals surface area contributed by atoms with Crippen molar-refractivity contribution in [2.75, 3.05) is 19.7 Å². The molecule has 0 spiro atoms. The first-order valence-corrected chi connectivity index (χ1v) is 5.25. The standard InChI is InChI=1S/C12H17NO2/c1-3-13-9-11(14)10-7-5-6-8-12(10)15-4-2/h5-8,13H,3-4,9H2,1-2H3. The summed E-state index contributed by atoms with van der Waals surface area (Å²) in [5.74, 6) is 0.740. The van der Waals surface area contributed by atoms with Gasteiger partial charge in [0.25, 0.3) is 0 Å². The van der Waals surface area contributed by atoms with Crippen LogP contribution < -0.4 is 10.1 Å². The van der Waals surface area contributed by atoms with Gasteiger partial charge in [0.1, 0.15) is 5.75 Å². The molecule has 15 heavy (non-hydrogen) atoms. The van der Waals surface area contributed by atoms with Crippen molar-refractivity contribution < 1.29 is 9.53 Å². The van der Waals surface area contributed by atoms with E-state index in [4.69, 9.17) is 4.74 Å². The number of hydrogen-bond donors (Lipinski definition) is 1. The zero-order valence-corrected chi connectivity index (χ0v) is 9.25. The van der Waals surface area contributed by atoms with Gasteiger partial charge in [-0.3, -0.25) is 4.79 Å². The van der Waals surface area contributed by atoms with Crippen molar-refractivity contribution in [3.63, 3.8) is 0 Å². The second-order valence-electron chi connectivity index (χ2n) is 3.13. The molecule has 3 nitrogen and oxygen atoms in total. The highest BCUT2D eigenvalue weighted by Gasteiger charge is 2.10. The highest BCUT2D eigenvalue weighted by Crippen LogP contribution is 2.17. The molecular formula is C12H17NO2. The molecule has 0 unspecified atom stereocenters. The minimum atomic E-state index is 0.0703. The third-order valence-corrected chi connectivity index (χ3v) is 2.02. The fourth-order valence-electron chi connectivity index (χ4n) is 1.31. The maximum absolute atomic E-state index is 11.8. The number of hydrogen-bond acceptors (Lipinski definition) is 3. The quantitative estimate of drug-likeness (QED) is 0.724. The van der Waals surface area contributed by atoms with Crippen LogP contribution in [-0.2, 0) is 0 Å². The first kappa shape index (κ1) is 11.7. The minimum Gasteiger partial charge on any atom is -0.493 e. The second-order valence-corrected chi connectivity index (χ2v) is 3.13. The zero-order chi connectivity index (χ0) is 11.1. The Morgan fingerprint density at radius 3 is 2.73 bits per heavy atom. The molecule has 0 aliphatic heterocycles. The van der Waals surface area contributed by atoms with Crippen LogP contribution in [-0.4, -0.2) is 25.5 Å². The van der Waals surface area contributed by atoms with Gasteiger partial charge in [0.2, 0.25) is 0 Å². The van der Waals surface area contributed by atoms with Crippen molar-refractivity contribution in [3.05, 3.63) is 29.8 Å². The number of rotatable bonds is 6. The van der Waals surface area contributed by atoms with Crippen LogP contribution in [0.15, 0.2) is 24.3 Å². The lowest BCUT2D eigenvalue weighted by Crippen LogP contribution is -2.22. The van der Waals surface area contributed by atoms with Crippen LogP contribution in [0.1, 0.15) is 24.2 Å². The van der Waals surface area contributed by atoms with Crippen molar-refractivity contribution in [1.82, 2.24) is 5.32 Å². The SMILES string of the molecule is CCNCC(=O)c1ccccc1OCC. The number of carbonyl (C=O) groups excluding carboxylic acids is 1. The molecule has 0 bridgehead atoms. The summed E-state index contributed by atoms with van der Waals surface area (Å²) >= 11 is 0. The number of ketones is 1. The molecule has 0 amide bonds. The maximum Gasteiger partial charge on any atom is 0.180 e. The van der Waals surface area contributed by atoms with Gasteiger partial charge in [-0.2, -0.15) is 0 Å². The predicted molar refractivity (Wildman–Crippen MR) is 60.5 cm³/mol. The summed E-state index contributed by atoms with van der Waals surface area (Å²) in [5.41, 5.74) is 0.653. The Hall–Kier alpha value is -1.35. The number of para-hydroxylation sites is 1. The van der Waals surface area contributed by atoms with E-state index in [-0.39, 0.29) is 5.78 Å². The number of benzene rings is 1. The Labute approximate surface area is 90.4 Å². The van der Waals surface area contributed by atoms with E-state index >= 15 is 0 Å². The van der Waals surface area contributed by atoms with E-state index < -0.39 is 0 Å². The number of ether oxygens (including phenoxy) is 1. The lowest BCUT2D eigenvalue weighted by atomic mass is 10.1. The van der Waals surface area contributed by atoms with E-state index in [1.54, 1.807) is 6.07 Å². The Kier molecular flexibility index (Phi) is 4.84. The first-order valence-electron chi connectivity index (χ1n) is 5.25. The summed E-state index contributed by atoms with van der Waals surface area (Å²) in [6.45, 7) is 5.61. The lowest BCUT2D eigenvalue weighted by Gasteiger charge is -2.08. The molecule has 1 N–H and O–H groups in total. The molecule has 0 aliphatic carbocycles. The molecule has 0 aromatic heterocycles. The highest BCUT2D eigenvalue weighted by molar-refractivity contribution is 6.00. The third kappa shape index (κ3) is 3.36. The number of likely N-dealkylation sites (N-methyl/N-ethyl adjacent to an activating group) is 1. The van der Waals surface area contributed by atoms with Gasteiger partial charge in [0.15, 0.2) is 5.78 Å². The van der Waals surface area contributed by atoms with Gasteiger partial charge in [0, 0.05) is 0 Å². The van der Waals surface area contributed by atoms with E-state index in [0.29, 0.717) is 24.5 Å². The summed E-state index contributed by atoms with van der Waals surface area (Å²) in [6, 6.07) is 7.34. The normalized spacial score (nSPS) is 10.0. The fourth-order valence-corrected chi connectivity index (χ4v) is 1.31.